The van der Waals surface area contributed by atoms with Crippen molar-refractivity contribution in [3.8, 4) is 0 Å². The number of aryl methyl sites for hydroxylation is 1. The van der Waals surface area contributed by atoms with Crippen molar-refractivity contribution >= 4 is 5.78 Å². The van der Waals surface area contributed by atoms with Crippen molar-refractivity contribution in [3.63, 3.8) is 0 Å². The first-order valence-corrected chi connectivity index (χ1v) is 6.96. The summed E-state index contributed by atoms with van der Waals surface area (Å²) in [6.07, 6.45) is 2.85. The largest absolute Gasteiger partial charge is 0.379 e. The van der Waals surface area contributed by atoms with E-state index in [0.717, 1.165) is 25.3 Å². The first-order valence-electron chi connectivity index (χ1n) is 6.96. The molecule has 2 unspecified atom stereocenters. The molecule has 1 saturated heterocycles. The molecule has 0 bridgehead atoms. The fourth-order valence-electron chi connectivity index (χ4n) is 2.45. The number of likely N-dealkylation sites (N-methyl/N-ethyl adjacent to an activating group) is 1. The first kappa shape index (κ1) is 14.1. The maximum absolute atomic E-state index is 12.4. The van der Waals surface area contributed by atoms with Gasteiger partial charge in [0, 0.05) is 12.6 Å². The van der Waals surface area contributed by atoms with Gasteiger partial charge in [-0.25, -0.2) is 9.67 Å². The maximum atomic E-state index is 12.4. The molecule has 0 saturated carbocycles. The number of carbonyl (C=O) groups is 1. The molecule has 19 heavy (non-hydrogen) atoms. The summed E-state index contributed by atoms with van der Waals surface area (Å²) in [6, 6.07) is 0.139. The first-order chi connectivity index (χ1) is 9.26. The molecule has 0 aromatic carbocycles. The van der Waals surface area contributed by atoms with Crippen LogP contribution in [-0.2, 0) is 22.5 Å². The van der Waals surface area contributed by atoms with Gasteiger partial charge in [0.2, 0.25) is 0 Å². The summed E-state index contributed by atoms with van der Waals surface area (Å²) >= 11 is 0. The van der Waals surface area contributed by atoms with Crippen LogP contribution in [0.2, 0.25) is 0 Å². The summed E-state index contributed by atoms with van der Waals surface area (Å²) in [5.41, 5.74) is 0. The van der Waals surface area contributed by atoms with Crippen LogP contribution < -0.4 is 5.32 Å². The lowest BCUT2D eigenvalue weighted by Gasteiger charge is -2.16. The molecular formula is C13H22N4O2. The molecule has 106 valence electrons. The third-order valence-electron chi connectivity index (χ3n) is 3.42. The second-order valence-corrected chi connectivity index (χ2v) is 4.85. The molecule has 2 rings (SSSR count). The second kappa shape index (κ2) is 6.77. The van der Waals surface area contributed by atoms with E-state index in [1.54, 1.807) is 0 Å². The number of ketones is 1. The molecule has 1 N–H and O–H groups in total. The van der Waals surface area contributed by atoms with Crippen LogP contribution in [0.4, 0.5) is 0 Å². The molecule has 6 nitrogen and oxygen atoms in total. The molecule has 0 spiro atoms. The molecule has 6 heteroatoms. The lowest BCUT2D eigenvalue weighted by atomic mass is 9.96. The van der Waals surface area contributed by atoms with Crippen LogP contribution in [0.15, 0.2) is 6.33 Å². The van der Waals surface area contributed by atoms with E-state index in [9.17, 15) is 4.79 Å². The summed E-state index contributed by atoms with van der Waals surface area (Å²) in [4.78, 5) is 16.5. The molecule has 0 amide bonds. The van der Waals surface area contributed by atoms with Gasteiger partial charge in [-0.15, -0.1) is 0 Å². The van der Waals surface area contributed by atoms with Crippen LogP contribution in [0.3, 0.4) is 0 Å². The number of Topliss-reactive ketones (excluding diaryl/α,β-unsaturated/α-hetero) is 1. The molecule has 2 heterocycles. The van der Waals surface area contributed by atoms with E-state index in [1.807, 2.05) is 11.6 Å². The molecule has 1 aromatic rings. The minimum Gasteiger partial charge on any atom is -0.379 e. The van der Waals surface area contributed by atoms with E-state index in [4.69, 9.17) is 4.74 Å². The van der Waals surface area contributed by atoms with Crippen molar-refractivity contribution < 1.29 is 9.53 Å². The summed E-state index contributed by atoms with van der Waals surface area (Å²) in [6.45, 7) is 6.91. The zero-order valence-electron chi connectivity index (χ0n) is 11.6. The van der Waals surface area contributed by atoms with Gasteiger partial charge in [0.05, 0.1) is 25.6 Å². The molecule has 1 aromatic heterocycles. The smallest absolute Gasteiger partial charge is 0.147 e. The van der Waals surface area contributed by atoms with Gasteiger partial charge < -0.3 is 10.1 Å². The third-order valence-corrected chi connectivity index (χ3v) is 3.42. The van der Waals surface area contributed by atoms with Gasteiger partial charge in [0.15, 0.2) is 0 Å². The van der Waals surface area contributed by atoms with E-state index in [-0.39, 0.29) is 17.7 Å². The van der Waals surface area contributed by atoms with Gasteiger partial charge in [-0.3, -0.25) is 4.79 Å². The minimum absolute atomic E-state index is 0.0632. The highest BCUT2D eigenvalue weighted by Crippen LogP contribution is 2.16. The average Bonchev–Trinajstić information content (AvgIpc) is 3.00. The Morgan fingerprint density at radius 2 is 2.37 bits per heavy atom. The highest BCUT2D eigenvalue weighted by Gasteiger charge is 2.33. The Kier molecular flexibility index (Phi) is 5.04. The molecule has 2 atom stereocenters. The Hall–Kier alpha value is -1.27. The van der Waals surface area contributed by atoms with Crippen molar-refractivity contribution in [1.82, 2.24) is 20.1 Å². The Morgan fingerprint density at radius 3 is 3.11 bits per heavy atom. The number of aromatic nitrogens is 3. The number of rotatable bonds is 7. The topological polar surface area (TPSA) is 69.0 Å². The third kappa shape index (κ3) is 3.39. The molecule has 1 fully saturated rings. The van der Waals surface area contributed by atoms with Crippen LogP contribution in [0.25, 0.3) is 0 Å². The van der Waals surface area contributed by atoms with E-state index >= 15 is 0 Å². The standard InChI is InChI=1S/C13H22N4O2/c1-3-5-17-13(15-9-16-17)6-12(18)10-7-19-8-11(10)14-4-2/h9-11,14H,3-8H2,1-2H3. The van der Waals surface area contributed by atoms with Crippen LogP contribution in [0.1, 0.15) is 26.1 Å². The van der Waals surface area contributed by atoms with Crippen LogP contribution in [0.5, 0.6) is 0 Å². The fraction of sp³-hybridized carbons (Fsp3) is 0.769. The van der Waals surface area contributed by atoms with Crippen molar-refractivity contribution in [2.45, 2.75) is 39.3 Å². The molecule has 0 radical (unpaired) electrons. The van der Waals surface area contributed by atoms with E-state index in [0.29, 0.717) is 19.6 Å². The van der Waals surface area contributed by atoms with Crippen molar-refractivity contribution in [3.05, 3.63) is 12.2 Å². The number of ether oxygens (including phenoxy) is 1. The van der Waals surface area contributed by atoms with E-state index in [1.165, 1.54) is 6.33 Å². The van der Waals surface area contributed by atoms with Crippen LogP contribution in [-0.4, -0.2) is 46.3 Å². The Balaban J connectivity index is 1.98. The van der Waals surface area contributed by atoms with Gasteiger partial charge in [0.1, 0.15) is 17.9 Å². The highest BCUT2D eigenvalue weighted by atomic mass is 16.5. The lowest BCUT2D eigenvalue weighted by molar-refractivity contribution is -0.122. The molecule has 1 aliphatic rings. The normalized spacial score (nSPS) is 22.8. The van der Waals surface area contributed by atoms with E-state index < -0.39 is 0 Å². The van der Waals surface area contributed by atoms with Gasteiger partial charge in [0.25, 0.3) is 0 Å². The summed E-state index contributed by atoms with van der Waals surface area (Å²) in [5.74, 6) is 0.884. The quantitative estimate of drug-likeness (QED) is 0.775. The number of hydrogen-bond acceptors (Lipinski definition) is 5. The van der Waals surface area contributed by atoms with Crippen molar-refractivity contribution in [2.24, 2.45) is 5.92 Å². The minimum atomic E-state index is -0.0632. The molecular weight excluding hydrogens is 244 g/mol. The Morgan fingerprint density at radius 1 is 1.53 bits per heavy atom. The van der Waals surface area contributed by atoms with Crippen molar-refractivity contribution in [1.29, 1.82) is 0 Å². The number of carbonyl (C=O) groups excluding carboxylic acids is 1. The van der Waals surface area contributed by atoms with Gasteiger partial charge in [-0.2, -0.15) is 5.10 Å². The number of hydrogen-bond donors (Lipinski definition) is 1. The Labute approximate surface area is 113 Å². The lowest BCUT2D eigenvalue weighted by Crippen LogP contribution is -2.39. The molecule has 1 aliphatic heterocycles. The predicted octanol–water partition coefficient (Wildman–Crippen LogP) is 0.424. The number of nitrogens with zero attached hydrogens (tertiary/aromatic N) is 3. The second-order valence-electron chi connectivity index (χ2n) is 4.85. The Bertz CT molecular complexity index is 419. The van der Waals surface area contributed by atoms with Crippen molar-refractivity contribution in [2.75, 3.05) is 19.8 Å². The summed E-state index contributed by atoms with van der Waals surface area (Å²) in [7, 11) is 0. The van der Waals surface area contributed by atoms with E-state index in [2.05, 4.69) is 22.3 Å². The maximum Gasteiger partial charge on any atom is 0.147 e. The zero-order chi connectivity index (χ0) is 13.7. The summed E-state index contributed by atoms with van der Waals surface area (Å²) < 4.78 is 7.23. The zero-order valence-corrected chi connectivity index (χ0v) is 11.6. The van der Waals surface area contributed by atoms with Gasteiger partial charge in [-0.1, -0.05) is 13.8 Å². The fourth-order valence-corrected chi connectivity index (χ4v) is 2.45. The summed E-state index contributed by atoms with van der Waals surface area (Å²) in [5, 5.41) is 7.45. The van der Waals surface area contributed by atoms with Crippen LogP contribution >= 0.6 is 0 Å². The van der Waals surface area contributed by atoms with Gasteiger partial charge in [-0.05, 0) is 13.0 Å². The SMILES string of the molecule is CCCn1ncnc1CC(=O)C1COCC1NCC. The predicted molar refractivity (Wildman–Crippen MR) is 70.8 cm³/mol. The monoisotopic (exact) mass is 266 g/mol. The molecule has 0 aliphatic carbocycles. The van der Waals surface area contributed by atoms with Gasteiger partial charge >= 0.3 is 0 Å². The highest BCUT2D eigenvalue weighted by molar-refractivity contribution is 5.83. The van der Waals surface area contributed by atoms with Crippen LogP contribution in [0, 0.1) is 5.92 Å². The average molecular weight is 266 g/mol. The number of nitrogens with one attached hydrogen (secondary N) is 1.